The van der Waals surface area contributed by atoms with Crippen molar-refractivity contribution in [2.75, 3.05) is 6.54 Å². The van der Waals surface area contributed by atoms with Gasteiger partial charge in [0.1, 0.15) is 6.20 Å². The molecule has 2 rings (SSSR count). The van der Waals surface area contributed by atoms with Crippen LogP contribution in [0.5, 0.6) is 0 Å². The number of aromatic nitrogens is 2. The number of rotatable bonds is 8. The largest absolute Gasteiger partial charge is 0.481 e. The number of aliphatic carboxylic acids is 1. The van der Waals surface area contributed by atoms with E-state index in [0.717, 1.165) is 5.56 Å². The Balaban J connectivity index is 2.25. The lowest BCUT2D eigenvalue weighted by molar-refractivity contribution is -0.385. The quantitative estimate of drug-likeness (QED) is 0.575. The lowest BCUT2D eigenvalue weighted by atomic mass is 10.2. The first-order valence-electron chi connectivity index (χ1n) is 7.61. The highest BCUT2D eigenvalue weighted by molar-refractivity contribution is 5.96. The monoisotopic (exact) mass is 346 g/mol. The molecule has 1 heterocycles. The highest BCUT2D eigenvalue weighted by atomic mass is 16.6. The molecule has 0 saturated heterocycles. The van der Waals surface area contributed by atoms with E-state index in [1.807, 2.05) is 30.3 Å². The summed E-state index contributed by atoms with van der Waals surface area (Å²) in [6, 6.07) is 9.12. The number of nitrogens with zero attached hydrogens (tertiary/aromatic N) is 4. The maximum Gasteiger partial charge on any atom is 0.320 e. The average molecular weight is 346 g/mol. The van der Waals surface area contributed by atoms with Crippen LogP contribution in [0.1, 0.15) is 28.9 Å². The highest BCUT2D eigenvalue weighted by Crippen LogP contribution is 2.19. The van der Waals surface area contributed by atoms with Crippen LogP contribution < -0.4 is 0 Å². The molecule has 2 aromatic rings. The fraction of sp³-hybridized carbons (Fsp3) is 0.312. The van der Waals surface area contributed by atoms with Crippen molar-refractivity contribution in [3.8, 4) is 0 Å². The van der Waals surface area contributed by atoms with Gasteiger partial charge in [0.05, 0.1) is 4.92 Å². The minimum Gasteiger partial charge on any atom is -0.481 e. The zero-order chi connectivity index (χ0) is 18.4. The maximum absolute atomic E-state index is 12.8. The number of hydrogen-bond donors (Lipinski definition) is 1. The maximum atomic E-state index is 12.8. The van der Waals surface area contributed by atoms with Gasteiger partial charge in [-0.05, 0) is 12.0 Å². The Morgan fingerprint density at radius 2 is 2.00 bits per heavy atom. The smallest absolute Gasteiger partial charge is 0.320 e. The van der Waals surface area contributed by atoms with Gasteiger partial charge < -0.3 is 10.0 Å². The lowest BCUT2D eigenvalue weighted by Crippen LogP contribution is -2.32. The number of amides is 1. The summed E-state index contributed by atoms with van der Waals surface area (Å²) < 4.78 is 1.21. The molecule has 0 fully saturated rings. The number of carbonyl (C=O) groups excluding carboxylic acids is 1. The molecule has 1 N–H and O–H groups in total. The van der Waals surface area contributed by atoms with Crippen molar-refractivity contribution in [2.45, 2.75) is 19.4 Å². The zero-order valence-electron chi connectivity index (χ0n) is 13.7. The topological polar surface area (TPSA) is 119 Å². The van der Waals surface area contributed by atoms with E-state index in [2.05, 4.69) is 5.10 Å². The van der Waals surface area contributed by atoms with Crippen LogP contribution in [0.25, 0.3) is 0 Å². The standard InChI is InChI=1S/C16H18N4O5/c1-18-11-13(20(24)25)15(17-18)16(23)19(9-5-8-14(21)22)10-12-6-3-2-4-7-12/h2-4,6-7,11H,5,8-10H2,1H3,(H,21,22). The van der Waals surface area contributed by atoms with Crippen molar-refractivity contribution in [3.05, 3.63) is 57.9 Å². The zero-order valence-corrected chi connectivity index (χ0v) is 13.7. The molecule has 0 aliphatic heterocycles. The minimum atomic E-state index is -0.962. The van der Waals surface area contributed by atoms with Crippen LogP contribution >= 0.6 is 0 Å². The molecule has 25 heavy (non-hydrogen) atoms. The van der Waals surface area contributed by atoms with Gasteiger partial charge in [-0.1, -0.05) is 30.3 Å². The predicted molar refractivity (Wildman–Crippen MR) is 87.9 cm³/mol. The van der Waals surface area contributed by atoms with Crippen LogP contribution in [0.3, 0.4) is 0 Å². The molecule has 0 saturated carbocycles. The first kappa shape index (κ1) is 18.1. The second kappa shape index (κ2) is 8.04. The fourth-order valence-corrected chi connectivity index (χ4v) is 2.39. The van der Waals surface area contributed by atoms with E-state index in [4.69, 9.17) is 5.11 Å². The van der Waals surface area contributed by atoms with Crippen molar-refractivity contribution >= 4 is 17.6 Å². The molecule has 0 atom stereocenters. The van der Waals surface area contributed by atoms with E-state index in [9.17, 15) is 19.7 Å². The van der Waals surface area contributed by atoms with Crippen molar-refractivity contribution in [2.24, 2.45) is 7.05 Å². The van der Waals surface area contributed by atoms with Gasteiger partial charge in [0.15, 0.2) is 0 Å². The molecule has 9 nitrogen and oxygen atoms in total. The summed E-state index contributed by atoms with van der Waals surface area (Å²) in [5.41, 5.74) is 0.215. The van der Waals surface area contributed by atoms with Crippen LogP contribution in [0, 0.1) is 10.1 Å². The van der Waals surface area contributed by atoms with Gasteiger partial charge in [0.25, 0.3) is 5.91 Å². The van der Waals surface area contributed by atoms with Crippen molar-refractivity contribution in [1.29, 1.82) is 0 Å². The third-order valence-electron chi connectivity index (χ3n) is 3.53. The van der Waals surface area contributed by atoms with Crippen molar-refractivity contribution < 1.29 is 19.6 Å². The second-order valence-corrected chi connectivity index (χ2v) is 5.50. The molecule has 0 aliphatic carbocycles. The molecule has 1 amide bonds. The van der Waals surface area contributed by atoms with Crippen molar-refractivity contribution in [3.63, 3.8) is 0 Å². The van der Waals surface area contributed by atoms with E-state index in [1.54, 1.807) is 0 Å². The molecular weight excluding hydrogens is 328 g/mol. The third kappa shape index (κ3) is 4.87. The van der Waals surface area contributed by atoms with Gasteiger partial charge in [-0.3, -0.25) is 24.4 Å². The number of hydrogen-bond acceptors (Lipinski definition) is 5. The van der Waals surface area contributed by atoms with Gasteiger partial charge in [-0.25, -0.2) is 0 Å². The Morgan fingerprint density at radius 1 is 1.32 bits per heavy atom. The SMILES string of the molecule is Cn1cc([N+](=O)[O-])c(C(=O)N(CCCC(=O)O)Cc2ccccc2)n1. The van der Waals surface area contributed by atoms with Gasteiger partial charge in [0, 0.05) is 26.6 Å². The Kier molecular flexibility index (Phi) is 5.83. The van der Waals surface area contributed by atoms with Gasteiger partial charge in [-0.2, -0.15) is 5.10 Å². The summed E-state index contributed by atoms with van der Waals surface area (Å²) >= 11 is 0. The third-order valence-corrected chi connectivity index (χ3v) is 3.53. The Bertz CT molecular complexity index is 772. The Hall–Kier alpha value is -3.23. The van der Waals surface area contributed by atoms with Crippen LogP contribution in [-0.2, 0) is 18.4 Å². The van der Waals surface area contributed by atoms with Gasteiger partial charge in [-0.15, -0.1) is 0 Å². The Labute approximate surface area is 143 Å². The molecule has 132 valence electrons. The van der Waals surface area contributed by atoms with E-state index in [1.165, 1.54) is 22.8 Å². The average Bonchev–Trinajstić information content (AvgIpc) is 2.96. The highest BCUT2D eigenvalue weighted by Gasteiger charge is 2.28. The summed E-state index contributed by atoms with van der Waals surface area (Å²) in [6.07, 6.45) is 1.32. The molecule has 0 spiro atoms. The molecular formula is C16H18N4O5. The van der Waals surface area contributed by atoms with E-state index < -0.39 is 16.8 Å². The fourth-order valence-electron chi connectivity index (χ4n) is 2.39. The summed E-state index contributed by atoms with van der Waals surface area (Å²) in [7, 11) is 1.50. The number of carboxylic acid groups (broad SMARTS) is 1. The summed E-state index contributed by atoms with van der Waals surface area (Å²) in [5, 5.41) is 23.8. The van der Waals surface area contributed by atoms with Crippen LogP contribution in [0.2, 0.25) is 0 Å². The number of carbonyl (C=O) groups is 2. The number of carboxylic acids is 1. The van der Waals surface area contributed by atoms with Crippen LogP contribution in [0.15, 0.2) is 36.5 Å². The summed E-state index contributed by atoms with van der Waals surface area (Å²) in [5.74, 6) is -1.56. The summed E-state index contributed by atoms with van der Waals surface area (Å²) in [4.78, 5) is 35.3. The number of aryl methyl sites for hydroxylation is 1. The molecule has 0 aliphatic rings. The number of benzene rings is 1. The summed E-state index contributed by atoms with van der Waals surface area (Å²) in [6.45, 7) is 0.376. The Morgan fingerprint density at radius 3 is 2.60 bits per heavy atom. The molecule has 1 aromatic heterocycles. The molecule has 0 unspecified atom stereocenters. The van der Waals surface area contributed by atoms with Gasteiger partial charge >= 0.3 is 11.7 Å². The van der Waals surface area contributed by atoms with E-state index >= 15 is 0 Å². The normalized spacial score (nSPS) is 10.4. The van der Waals surface area contributed by atoms with Gasteiger partial charge in [0.2, 0.25) is 5.69 Å². The van der Waals surface area contributed by atoms with E-state index in [0.29, 0.717) is 0 Å². The molecule has 9 heteroatoms. The molecule has 0 bridgehead atoms. The molecule has 1 aromatic carbocycles. The predicted octanol–water partition coefficient (Wildman–Crippen LogP) is 1.84. The first-order valence-corrected chi connectivity index (χ1v) is 7.61. The van der Waals surface area contributed by atoms with Crippen molar-refractivity contribution in [1.82, 2.24) is 14.7 Å². The minimum absolute atomic E-state index is 0.0944. The first-order chi connectivity index (χ1) is 11.9. The molecule has 0 radical (unpaired) electrons. The lowest BCUT2D eigenvalue weighted by Gasteiger charge is -2.21. The second-order valence-electron chi connectivity index (χ2n) is 5.50. The van der Waals surface area contributed by atoms with E-state index in [-0.39, 0.29) is 37.3 Å². The number of nitro groups is 1. The van der Waals surface area contributed by atoms with Crippen LogP contribution in [-0.4, -0.2) is 43.1 Å². The van der Waals surface area contributed by atoms with Crippen LogP contribution in [0.4, 0.5) is 5.69 Å².